The topological polar surface area (TPSA) is 35.5 Å². The minimum atomic E-state index is -0.242. The van der Waals surface area contributed by atoms with Gasteiger partial charge in [0.15, 0.2) is 0 Å². The summed E-state index contributed by atoms with van der Waals surface area (Å²) in [6.07, 6.45) is 0.946. The van der Waals surface area contributed by atoms with Gasteiger partial charge < -0.3 is 15.3 Å². The number of likely N-dealkylation sites (N-methyl/N-ethyl adjacent to an activating group) is 1. The molecular formula is C10H24N2O. The fourth-order valence-corrected chi connectivity index (χ4v) is 1.10. The molecule has 2 atom stereocenters. The van der Waals surface area contributed by atoms with E-state index in [9.17, 15) is 0 Å². The second-order valence-electron chi connectivity index (χ2n) is 3.79. The summed E-state index contributed by atoms with van der Waals surface area (Å²) in [5, 5.41) is 12.2. The Hall–Kier alpha value is -0.120. The molecule has 0 amide bonds. The minimum absolute atomic E-state index is 0.242. The second kappa shape index (κ2) is 7.30. The van der Waals surface area contributed by atoms with Gasteiger partial charge in [-0.2, -0.15) is 0 Å². The lowest BCUT2D eigenvalue weighted by molar-refractivity contribution is 0.186. The monoisotopic (exact) mass is 188 g/mol. The van der Waals surface area contributed by atoms with Crippen molar-refractivity contribution < 1.29 is 5.11 Å². The SMILES string of the molecule is CCC(C)N(C)CCNCC(C)O. The molecule has 80 valence electrons. The Bertz CT molecular complexity index is 117. The molecule has 0 saturated carbocycles. The van der Waals surface area contributed by atoms with E-state index in [-0.39, 0.29) is 6.10 Å². The van der Waals surface area contributed by atoms with Gasteiger partial charge in [-0.3, -0.25) is 0 Å². The van der Waals surface area contributed by atoms with E-state index in [4.69, 9.17) is 5.11 Å². The van der Waals surface area contributed by atoms with Gasteiger partial charge in [-0.25, -0.2) is 0 Å². The van der Waals surface area contributed by atoms with Crippen molar-refractivity contribution >= 4 is 0 Å². The van der Waals surface area contributed by atoms with E-state index in [0.29, 0.717) is 12.6 Å². The van der Waals surface area contributed by atoms with Crippen LogP contribution in [0.1, 0.15) is 27.2 Å². The summed E-state index contributed by atoms with van der Waals surface area (Å²) in [7, 11) is 2.14. The van der Waals surface area contributed by atoms with E-state index < -0.39 is 0 Å². The molecule has 0 aromatic carbocycles. The third kappa shape index (κ3) is 6.99. The normalized spacial score (nSPS) is 16.2. The smallest absolute Gasteiger partial charge is 0.0636 e. The number of nitrogens with zero attached hydrogens (tertiary/aromatic N) is 1. The number of hydrogen-bond donors (Lipinski definition) is 2. The molecular weight excluding hydrogens is 164 g/mol. The van der Waals surface area contributed by atoms with E-state index in [1.165, 1.54) is 6.42 Å². The van der Waals surface area contributed by atoms with Gasteiger partial charge in [0.1, 0.15) is 0 Å². The average molecular weight is 188 g/mol. The van der Waals surface area contributed by atoms with Crippen molar-refractivity contribution in [3.8, 4) is 0 Å². The van der Waals surface area contributed by atoms with Crippen molar-refractivity contribution in [2.75, 3.05) is 26.7 Å². The summed E-state index contributed by atoms with van der Waals surface area (Å²) in [4.78, 5) is 2.33. The van der Waals surface area contributed by atoms with Crippen LogP contribution in [-0.2, 0) is 0 Å². The Balaban J connectivity index is 3.31. The molecule has 2 N–H and O–H groups in total. The van der Waals surface area contributed by atoms with Crippen LogP contribution >= 0.6 is 0 Å². The van der Waals surface area contributed by atoms with Crippen LogP contribution in [0, 0.1) is 0 Å². The number of rotatable bonds is 7. The molecule has 0 radical (unpaired) electrons. The first kappa shape index (κ1) is 12.9. The Morgan fingerprint density at radius 3 is 2.46 bits per heavy atom. The molecule has 3 nitrogen and oxygen atoms in total. The zero-order valence-electron chi connectivity index (χ0n) is 9.38. The molecule has 0 saturated heterocycles. The van der Waals surface area contributed by atoms with Gasteiger partial charge in [-0.15, -0.1) is 0 Å². The van der Waals surface area contributed by atoms with Gasteiger partial charge in [0.25, 0.3) is 0 Å². The molecule has 3 heteroatoms. The van der Waals surface area contributed by atoms with Crippen LogP contribution in [0.5, 0.6) is 0 Å². The lowest BCUT2D eigenvalue weighted by Gasteiger charge is -2.23. The zero-order valence-corrected chi connectivity index (χ0v) is 9.38. The van der Waals surface area contributed by atoms with Gasteiger partial charge in [-0.05, 0) is 27.3 Å². The van der Waals surface area contributed by atoms with Gasteiger partial charge >= 0.3 is 0 Å². The second-order valence-corrected chi connectivity index (χ2v) is 3.79. The van der Waals surface area contributed by atoms with Gasteiger partial charge in [0.2, 0.25) is 0 Å². The van der Waals surface area contributed by atoms with Crippen molar-refractivity contribution in [2.45, 2.75) is 39.3 Å². The first-order valence-electron chi connectivity index (χ1n) is 5.17. The average Bonchev–Trinajstić information content (AvgIpc) is 2.10. The molecule has 2 unspecified atom stereocenters. The van der Waals surface area contributed by atoms with Crippen molar-refractivity contribution in [2.24, 2.45) is 0 Å². The molecule has 0 aromatic heterocycles. The van der Waals surface area contributed by atoms with E-state index in [1.807, 2.05) is 0 Å². The van der Waals surface area contributed by atoms with E-state index in [1.54, 1.807) is 6.92 Å². The fraction of sp³-hybridized carbons (Fsp3) is 1.00. The highest BCUT2D eigenvalue weighted by Crippen LogP contribution is 1.97. The molecule has 0 aromatic rings. The van der Waals surface area contributed by atoms with Crippen molar-refractivity contribution in [1.82, 2.24) is 10.2 Å². The molecule has 0 spiro atoms. The quantitative estimate of drug-likeness (QED) is 0.577. The summed E-state index contributed by atoms with van der Waals surface area (Å²) in [5.74, 6) is 0. The number of hydrogen-bond acceptors (Lipinski definition) is 3. The number of aliphatic hydroxyl groups excluding tert-OH is 1. The molecule has 0 heterocycles. The third-order valence-corrected chi connectivity index (χ3v) is 2.42. The van der Waals surface area contributed by atoms with Crippen LogP contribution in [0.25, 0.3) is 0 Å². The maximum Gasteiger partial charge on any atom is 0.0636 e. The Morgan fingerprint density at radius 1 is 1.38 bits per heavy atom. The van der Waals surface area contributed by atoms with E-state index >= 15 is 0 Å². The molecule has 0 bridgehead atoms. The van der Waals surface area contributed by atoms with Gasteiger partial charge in [-0.1, -0.05) is 6.92 Å². The molecule has 0 fully saturated rings. The summed E-state index contributed by atoms with van der Waals surface area (Å²) in [6.45, 7) is 8.91. The maximum absolute atomic E-state index is 9.00. The van der Waals surface area contributed by atoms with E-state index in [0.717, 1.165) is 13.1 Å². The van der Waals surface area contributed by atoms with Crippen LogP contribution in [0.2, 0.25) is 0 Å². The lowest BCUT2D eigenvalue weighted by atomic mass is 10.2. The minimum Gasteiger partial charge on any atom is -0.392 e. The van der Waals surface area contributed by atoms with Crippen molar-refractivity contribution in [3.05, 3.63) is 0 Å². The third-order valence-electron chi connectivity index (χ3n) is 2.42. The molecule has 0 aliphatic heterocycles. The summed E-state index contributed by atoms with van der Waals surface area (Å²) in [6, 6.07) is 0.647. The van der Waals surface area contributed by atoms with Crippen LogP contribution < -0.4 is 5.32 Å². The molecule has 0 aliphatic carbocycles. The van der Waals surface area contributed by atoms with Crippen LogP contribution in [0.3, 0.4) is 0 Å². The fourth-order valence-electron chi connectivity index (χ4n) is 1.10. The summed E-state index contributed by atoms with van der Waals surface area (Å²) >= 11 is 0. The highest BCUT2D eigenvalue weighted by Gasteiger charge is 2.05. The number of aliphatic hydroxyl groups is 1. The highest BCUT2D eigenvalue weighted by molar-refractivity contribution is 4.62. The van der Waals surface area contributed by atoms with Gasteiger partial charge in [0, 0.05) is 25.7 Å². The first-order valence-corrected chi connectivity index (χ1v) is 5.17. The standard InChI is InChI=1S/C10H24N2O/c1-5-9(2)12(4)7-6-11-8-10(3)13/h9-11,13H,5-8H2,1-4H3. The van der Waals surface area contributed by atoms with Crippen LogP contribution in [0.4, 0.5) is 0 Å². The van der Waals surface area contributed by atoms with Gasteiger partial charge in [0.05, 0.1) is 6.10 Å². The lowest BCUT2D eigenvalue weighted by Crippen LogP contribution is -2.36. The number of nitrogens with one attached hydrogen (secondary N) is 1. The molecule has 13 heavy (non-hydrogen) atoms. The van der Waals surface area contributed by atoms with Crippen molar-refractivity contribution in [1.29, 1.82) is 0 Å². The van der Waals surface area contributed by atoms with Crippen molar-refractivity contribution in [3.63, 3.8) is 0 Å². The first-order chi connectivity index (χ1) is 6.07. The maximum atomic E-state index is 9.00. The largest absolute Gasteiger partial charge is 0.392 e. The van der Waals surface area contributed by atoms with Crippen LogP contribution in [-0.4, -0.2) is 48.8 Å². The summed E-state index contributed by atoms with van der Waals surface area (Å²) < 4.78 is 0. The van der Waals surface area contributed by atoms with E-state index in [2.05, 4.69) is 31.1 Å². The highest BCUT2D eigenvalue weighted by atomic mass is 16.3. The Morgan fingerprint density at radius 2 is 2.00 bits per heavy atom. The summed E-state index contributed by atoms with van der Waals surface area (Å²) in [5.41, 5.74) is 0. The predicted octanol–water partition coefficient (Wildman–Crippen LogP) is 0.687. The van der Waals surface area contributed by atoms with Crippen LogP contribution in [0.15, 0.2) is 0 Å². The zero-order chi connectivity index (χ0) is 10.3. The predicted molar refractivity (Wildman–Crippen MR) is 56.9 cm³/mol. The Labute approximate surface area is 82.1 Å². The Kier molecular flexibility index (Phi) is 7.23. The molecule has 0 aliphatic rings. The molecule has 0 rings (SSSR count).